The number of hydrogen-bond donors (Lipinski definition) is 1. The van der Waals surface area contributed by atoms with Crippen LogP contribution in [0.15, 0.2) is 77.7 Å². The summed E-state index contributed by atoms with van der Waals surface area (Å²) in [4.78, 5) is 18.8. The van der Waals surface area contributed by atoms with Crippen molar-refractivity contribution in [3.05, 3.63) is 106 Å². The van der Waals surface area contributed by atoms with Gasteiger partial charge in [-0.25, -0.2) is 9.25 Å². The van der Waals surface area contributed by atoms with Crippen molar-refractivity contribution >= 4 is 22.7 Å². The SMILES string of the molecule is Cc1ccc(C)c(Nc2nc3c(cnn3-c3ccccc3)c(=O)n2-c2cc(C)ccc2C)c1. The van der Waals surface area contributed by atoms with Crippen molar-refractivity contribution in [2.24, 2.45) is 0 Å². The maximum Gasteiger partial charge on any atom is 0.270 e. The normalized spacial score (nSPS) is 11.2. The van der Waals surface area contributed by atoms with Crippen LogP contribution in [0.3, 0.4) is 0 Å². The minimum atomic E-state index is -0.163. The number of rotatable bonds is 4. The molecule has 0 saturated carbocycles. The number of para-hydroxylation sites is 1. The number of nitrogens with one attached hydrogen (secondary N) is 1. The van der Waals surface area contributed by atoms with Gasteiger partial charge in [0.15, 0.2) is 5.65 Å². The molecular weight excluding hydrogens is 410 g/mol. The molecule has 0 unspecified atom stereocenters. The molecule has 6 heteroatoms. The zero-order valence-corrected chi connectivity index (χ0v) is 19.1. The Balaban J connectivity index is 1.82. The summed E-state index contributed by atoms with van der Waals surface area (Å²) in [5.41, 5.74) is 7.16. The van der Waals surface area contributed by atoms with Crippen molar-refractivity contribution in [2.45, 2.75) is 27.7 Å². The van der Waals surface area contributed by atoms with E-state index in [2.05, 4.69) is 28.6 Å². The first-order valence-corrected chi connectivity index (χ1v) is 10.9. The standard InChI is InChI=1S/C27H25N5O/c1-17-10-12-19(3)23(14-17)29-27-30-25-22(16-28-32(25)21-8-6-5-7-9-21)26(33)31(27)24-15-18(2)11-13-20(24)4/h5-16H,1-4H3,(H,29,30). The lowest BCUT2D eigenvalue weighted by molar-refractivity contribution is 0.887. The second-order valence-electron chi connectivity index (χ2n) is 8.44. The fourth-order valence-electron chi connectivity index (χ4n) is 3.98. The van der Waals surface area contributed by atoms with Gasteiger partial charge >= 0.3 is 0 Å². The third kappa shape index (κ3) is 3.69. The van der Waals surface area contributed by atoms with Gasteiger partial charge in [-0.3, -0.25) is 4.79 Å². The van der Waals surface area contributed by atoms with Crippen LogP contribution < -0.4 is 10.9 Å². The fourth-order valence-corrected chi connectivity index (χ4v) is 3.98. The molecule has 2 heterocycles. The third-order valence-electron chi connectivity index (χ3n) is 5.85. The Hall–Kier alpha value is -4.19. The van der Waals surface area contributed by atoms with Crippen molar-refractivity contribution in [1.82, 2.24) is 19.3 Å². The zero-order chi connectivity index (χ0) is 23.1. The second-order valence-corrected chi connectivity index (χ2v) is 8.44. The van der Waals surface area contributed by atoms with Crippen LogP contribution in [0.2, 0.25) is 0 Å². The number of benzene rings is 3. The molecule has 0 atom stereocenters. The number of fused-ring (bicyclic) bond motifs is 1. The van der Waals surface area contributed by atoms with Gasteiger partial charge in [-0.2, -0.15) is 10.1 Å². The number of anilines is 2. The van der Waals surface area contributed by atoms with E-state index in [9.17, 15) is 4.79 Å². The highest BCUT2D eigenvalue weighted by molar-refractivity contribution is 5.78. The van der Waals surface area contributed by atoms with Crippen LogP contribution in [0.4, 0.5) is 11.6 Å². The lowest BCUT2D eigenvalue weighted by atomic mass is 10.1. The van der Waals surface area contributed by atoms with Crippen molar-refractivity contribution in [1.29, 1.82) is 0 Å². The lowest BCUT2D eigenvalue weighted by Gasteiger charge is -2.18. The van der Waals surface area contributed by atoms with E-state index in [1.165, 1.54) is 0 Å². The Labute approximate surface area is 192 Å². The minimum Gasteiger partial charge on any atom is -0.325 e. The molecule has 0 radical (unpaired) electrons. The molecular formula is C27H25N5O. The molecule has 0 aliphatic heterocycles. The Kier molecular flexibility index (Phi) is 5.05. The van der Waals surface area contributed by atoms with Crippen molar-refractivity contribution in [3.63, 3.8) is 0 Å². The molecule has 164 valence electrons. The topological polar surface area (TPSA) is 64.7 Å². The molecule has 2 aromatic heterocycles. The van der Waals surface area contributed by atoms with Gasteiger partial charge in [-0.05, 0) is 74.2 Å². The average molecular weight is 436 g/mol. The fraction of sp³-hybridized carbons (Fsp3) is 0.148. The molecule has 0 spiro atoms. The first-order valence-electron chi connectivity index (χ1n) is 10.9. The van der Waals surface area contributed by atoms with Gasteiger partial charge in [-0.15, -0.1) is 0 Å². The Morgan fingerprint density at radius 3 is 2.27 bits per heavy atom. The van der Waals surface area contributed by atoms with Gasteiger partial charge in [-0.1, -0.05) is 42.5 Å². The van der Waals surface area contributed by atoms with E-state index in [-0.39, 0.29) is 5.56 Å². The number of aryl methyl sites for hydroxylation is 4. The molecule has 5 rings (SSSR count). The Morgan fingerprint density at radius 2 is 1.52 bits per heavy atom. The molecule has 0 amide bonds. The molecule has 0 saturated heterocycles. The molecule has 0 aliphatic rings. The number of nitrogens with zero attached hydrogens (tertiary/aromatic N) is 4. The zero-order valence-electron chi connectivity index (χ0n) is 19.1. The quantitative estimate of drug-likeness (QED) is 0.402. The van der Waals surface area contributed by atoms with Gasteiger partial charge in [0.2, 0.25) is 5.95 Å². The van der Waals surface area contributed by atoms with Gasteiger partial charge < -0.3 is 5.32 Å². The van der Waals surface area contributed by atoms with Gasteiger partial charge in [0.05, 0.1) is 17.6 Å². The van der Waals surface area contributed by atoms with E-state index >= 15 is 0 Å². The highest BCUT2D eigenvalue weighted by Gasteiger charge is 2.19. The molecule has 1 N–H and O–H groups in total. The number of aromatic nitrogens is 4. The summed E-state index contributed by atoms with van der Waals surface area (Å²) in [5, 5.41) is 8.40. The molecule has 0 aliphatic carbocycles. The molecule has 0 fully saturated rings. The van der Waals surface area contributed by atoms with E-state index in [0.717, 1.165) is 39.3 Å². The summed E-state index contributed by atoms with van der Waals surface area (Å²) in [7, 11) is 0. The second kappa shape index (κ2) is 8.06. The van der Waals surface area contributed by atoms with Gasteiger partial charge in [0, 0.05) is 5.69 Å². The summed E-state index contributed by atoms with van der Waals surface area (Å²) in [6.45, 7) is 8.10. The van der Waals surface area contributed by atoms with Crippen LogP contribution in [0.25, 0.3) is 22.4 Å². The van der Waals surface area contributed by atoms with Crippen LogP contribution in [0.1, 0.15) is 22.3 Å². The van der Waals surface area contributed by atoms with Crippen LogP contribution in [-0.4, -0.2) is 19.3 Å². The highest BCUT2D eigenvalue weighted by Crippen LogP contribution is 2.26. The third-order valence-corrected chi connectivity index (χ3v) is 5.85. The maximum absolute atomic E-state index is 13.8. The Morgan fingerprint density at radius 1 is 0.818 bits per heavy atom. The lowest BCUT2D eigenvalue weighted by Crippen LogP contribution is -2.23. The number of hydrogen-bond acceptors (Lipinski definition) is 4. The van der Waals surface area contributed by atoms with Crippen LogP contribution in [-0.2, 0) is 0 Å². The predicted molar refractivity (Wildman–Crippen MR) is 133 cm³/mol. The van der Waals surface area contributed by atoms with Crippen molar-refractivity contribution in [3.8, 4) is 11.4 Å². The summed E-state index contributed by atoms with van der Waals surface area (Å²) in [5.74, 6) is 0.451. The van der Waals surface area contributed by atoms with Gasteiger partial charge in [0.1, 0.15) is 5.39 Å². The summed E-state index contributed by atoms with van der Waals surface area (Å²) >= 11 is 0. The molecule has 0 bridgehead atoms. The first-order chi connectivity index (χ1) is 15.9. The van der Waals surface area contributed by atoms with E-state index in [4.69, 9.17) is 4.98 Å². The largest absolute Gasteiger partial charge is 0.325 e. The molecule has 6 nitrogen and oxygen atoms in total. The van der Waals surface area contributed by atoms with E-state index in [1.54, 1.807) is 15.4 Å². The van der Waals surface area contributed by atoms with E-state index in [0.29, 0.717) is 17.0 Å². The molecule has 3 aromatic carbocycles. The maximum atomic E-state index is 13.8. The van der Waals surface area contributed by atoms with Crippen molar-refractivity contribution in [2.75, 3.05) is 5.32 Å². The average Bonchev–Trinajstić information content (AvgIpc) is 3.23. The first kappa shape index (κ1) is 20.7. The summed E-state index contributed by atoms with van der Waals surface area (Å²) in [6, 6.07) is 22.0. The van der Waals surface area contributed by atoms with Crippen LogP contribution in [0.5, 0.6) is 0 Å². The monoisotopic (exact) mass is 435 g/mol. The molecule has 33 heavy (non-hydrogen) atoms. The highest BCUT2D eigenvalue weighted by atomic mass is 16.1. The minimum absolute atomic E-state index is 0.163. The van der Waals surface area contributed by atoms with Gasteiger partial charge in [0.25, 0.3) is 5.56 Å². The molecule has 5 aromatic rings. The van der Waals surface area contributed by atoms with E-state index < -0.39 is 0 Å². The van der Waals surface area contributed by atoms with E-state index in [1.807, 2.05) is 76.2 Å². The van der Waals surface area contributed by atoms with Crippen LogP contribution >= 0.6 is 0 Å². The van der Waals surface area contributed by atoms with Crippen LogP contribution in [0, 0.1) is 27.7 Å². The summed E-state index contributed by atoms with van der Waals surface area (Å²) in [6.07, 6.45) is 1.60. The summed E-state index contributed by atoms with van der Waals surface area (Å²) < 4.78 is 3.36. The predicted octanol–water partition coefficient (Wildman–Crippen LogP) is 5.55. The Bertz CT molecular complexity index is 1550. The van der Waals surface area contributed by atoms with Crippen molar-refractivity contribution < 1.29 is 0 Å². The smallest absolute Gasteiger partial charge is 0.270 e.